The molecule has 0 aromatic carbocycles. The SMILES string of the molecule is CN(C)CCCNC(=O)C(C)(C)C(=O)NCCN1CCOCC1. The Kier molecular flexibility index (Phi) is 8.51. The van der Waals surface area contributed by atoms with Crippen molar-refractivity contribution < 1.29 is 14.3 Å². The van der Waals surface area contributed by atoms with Crippen molar-refractivity contribution in [1.29, 1.82) is 0 Å². The van der Waals surface area contributed by atoms with Gasteiger partial charge in [-0.3, -0.25) is 14.5 Å². The first-order valence-electron chi connectivity index (χ1n) is 8.35. The molecule has 0 aromatic rings. The molecule has 1 aliphatic heterocycles. The molecule has 7 heteroatoms. The van der Waals surface area contributed by atoms with Gasteiger partial charge >= 0.3 is 0 Å². The molecule has 0 unspecified atom stereocenters. The molecule has 2 amide bonds. The van der Waals surface area contributed by atoms with Crippen molar-refractivity contribution in [2.24, 2.45) is 5.41 Å². The van der Waals surface area contributed by atoms with Gasteiger partial charge in [-0.25, -0.2) is 0 Å². The third-order valence-corrected chi connectivity index (χ3v) is 4.02. The van der Waals surface area contributed by atoms with E-state index in [4.69, 9.17) is 4.74 Å². The molecule has 0 saturated carbocycles. The van der Waals surface area contributed by atoms with Crippen molar-refractivity contribution in [3.8, 4) is 0 Å². The fourth-order valence-corrected chi connectivity index (χ4v) is 2.29. The predicted octanol–water partition coefficient (Wildman–Crippen LogP) is -0.471. The van der Waals surface area contributed by atoms with Crippen LogP contribution in [0.15, 0.2) is 0 Å². The summed E-state index contributed by atoms with van der Waals surface area (Å²) < 4.78 is 5.29. The lowest BCUT2D eigenvalue weighted by Gasteiger charge is -2.27. The molecule has 1 rings (SSSR count). The Morgan fingerprint density at radius 3 is 2.22 bits per heavy atom. The highest BCUT2D eigenvalue weighted by atomic mass is 16.5. The minimum absolute atomic E-state index is 0.222. The van der Waals surface area contributed by atoms with Crippen molar-refractivity contribution >= 4 is 11.8 Å². The summed E-state index contributed by atoms with van der Waals surface area (Å²) in [7, 11) is 3.99. The van der Waals surface area contributed by atoms with E-state index in [1.54, 1.807) is 13.8 Å². The average Bonchev–Trinajstić information content (AvgIpc) is 2.52. The van der Waals surface area contributed by atoms with Gasteiger partial charge in [0.2, 0.25) is 11.8 Å². The summed E-state index contributed by atoms with van der Waals surface area (Å²) in [5.74, 6) is -0.448. The Morgan fingerprint density at radius 2 is 1.65 bits per heavy atom. The number of nitrogens with zero attached hydrogens (tertiary/aromatic N) is 2. The summed E-state index contributed by atoms with van der Waals surface area (Å²) in [5, 5.41) is 5.71. The standard InChI is InChI=1S/C16H32N4O3/c1-16(2,14(21)17-6-5-8-19(3)4)15(22)18-7-9-20-10-12-23-13-11-20/h5-13H2,1-4H3,(H,17,21)(H,18,22). The van der Waals surface area contributed by atoms with E-state index in [1.807, 2.05) is 14.1 Å². The normalized spacial score (nSPS) is 16.4. The van der Waals surface area contributed by atoms with Crippen LogP contribution in [-0.2, 0) is 14.3 Å². The zero-order valence-corrected chi connectivity index (χ0v) is 15.0. The van der Waals surface area contributed by atoms with E-state index >= 15 is 0 Å². The van der Waals surface area contributed by atoms with Crippen LogP contribution < -0.4 is 10.6 Å². The van der Waals surface area contributed by atoms with Gasteiger partial charge in [0.15, 0.2) is 0 Å². The number of rotatable bonds is 9. The van der Waals surface area contributed by atoms with Crippen LogP contribution in [0.1, 0.15) is 20.3 Å². The molecule has 0 spiro atoms. The number of carbonyl (C=O) groups is 2. The summed E-state index contributed by atoms with van der Waals surface area (Å²) in [6.45, 7) is 9.44. The number of hydrogen-bond acceptors (Lipinski definition) is 5. The summed E-state index contributed by atoms with van der Waals surface area (Å²) in [5.41, 5.74) is -1.05. The fraction of sp³-hybridized carbons (Fsp3) is 0.875. The van der Waals surface area contributed by atoms with E-state index in [1.165, 1.54) is 0 Å². The van der Waals surface area contributed by atoms with E-state index < -0.39 is 5.41 Å². The van der Waals surface area contributed by atoms with Crippen molar-refractivity contribution in [1.82, 2.24) is 20.4 Å². The van der Waals surface area contributed by atoms with Crippen LogP contribution in [0.3, 0.4) is 0 Å². The van der Waals surface area contributed by atoms with Crippen molar-refractivity contribution in [2.45, 2.75) is 20.3 Å². The van der Waals surface area contributed by atoms with Gasteiger partial charge in [0.25, 0.3) is 0 Å². The zero-order chi connectivity index (χ0) is 17.3. The molecular formula is C16H32N4O3. The molecule has 1 fully saturated rings. The fourth-order valence-electron chi connectivity index (χ4n) is 2.29. The van der Waals surface area contributed by atoms with Crippen LogP contribution in [-0.4, -0.2) is 88.2 Å². The molecular weight excluding hydrogens is 296 g/mol. The zero-order valence-electron chi connectivity index (χ0n) is 15.0. The molecule has 7 nitrogen and oxygen atoms in total. The number of amides is 2. The Morgan fingerprint density at radius 1 is 1.09 bits per heavy atom. The highest BCUT2D eigenvalue weighted by molar-refractivity contribution is 6.04. The van der Waals surface area contributed by atoms with Gasteiger partial charge in [-0.2, -0.15) is 0 Å². The van der Waals surface area contributed by atoms with Gasteiger partial charge in [-0.05, 0) is 40.9 Å². The summed E-state index contributed by atoms with van der Waals surface area (Å²) in [6.07, 6.45) is 0.869. The quantitative estimate of drug-likeness (QED) is 0.442. The third kappa shape index (κ3) is 7.28. The predicted molar refractivity (Wildman–Crippen MR) is 90.2 cm³/mol. The maximum absolute atomic E-state index is 12.3. The second-order valence-corrected chi connectivity index (χ2v) is 6.75. The van der Waals surface area contributed by atoms with Crippen molar-refractivity contribution in [3.63, 3.8) is 0 Å². The van der Waals surface area contributed by atoms with Gasteiger partial charge < -0.3 is 20.3 Å². The topological polar surface area (TPSA) is 73.9 Å². The first-order chi connectivity index (χ1) is 10.8. The number of ether oxygens (including phenoxy) is 1. The van der Waals surface area contributed by atoms with Gasteiger partial charge in [0, 0.05) is 32.7 Å². The van der Waals surface area contributed by atoms with Crippen LogP contribution in [0.2, 0.25) is 0 Å². The molecule has 1 heterocycles. The van der Waals surface area contributed by atoms with Gasteiger partial charge in [0.05, 0.1) is 13.2 Å². The molecule has 1 saturated heterocycles. The second-order valence-electron chi connectivity index (χ2n) is 6.75. The molecule has 0 radical (unpaired) electrons. The van der Waals surface area contributed by atoms with Crippen LogP contribution in [0, 0.1) is 5.41 Å². The van der Waals surface area contributed by atoms with Crippen molar-refractivity contribution in [3.05, 3.63) is 0 Å². The van der Waals surface area contributed by atoms with Crippen LogP contribution in [0.25, 0.3) is 0 Å². The number of morpholine rings is 1. The largest absolute Gasteiger partial charge is 0.379 e. The Labute approximate surface area is 139 Å². The van der Waals surface area contributed by atoms with Crippen LogP contribution in [0.5, 0.6) is 0 Å². The van der Waals surface area contributed by atoms with Crippen molar-refractivity contribution in [2.75, 3.05) is 66.6 Å². The van der Waals surface area contributed by atoms with Gasteiger partial charge in [-0.1, -0.05) is 0 Å². The molecule has 0 atom stereocenters. The maximum Gasteiger partial charge on any atom is 0.235 e. The second kappa shape index (κ2) is 9.85. The molecule has 0 bridgehead atoms. The lowest BCUT2D eigenvalue weighted by atomic mass is 9.91. The van der Waals surface area contributed by atoms with Gasteiger partial charge in [-0.15, -0.1) is 0 Å². The maximum atomic E-state index is 12.3. The number of hydrogen-bond donors (Lipinski definition) is 2. The minimum Gasteiger partial charge on any atom is -0.379 e. The number of carbonyl (C=O) groups excluding carboxylic acids is 2. The summed E-state index contributed by atoms with van der Waals surface area (Å²) in [6, 6.07) is 0. The lowest BCUT2D eigenvalue weighted by molar-refractivity contribution is -0.141. The van der Waals surface area contributed by atoms with E-state index in [2.05, 4.69) is 20.4 Å². The first-order valence-corrected chi connectivity index (χ1v) is 8.35. The summed E-state index contributed by atoms with van der Waals surface area (Å²) >= 11 is 0. The van der Waals surface area contributed by atoms with Crippen LogP contribution in [0.4, 0.5) is 0 Å². The smallest absolute Gasteiger partial charge is 0.235 e. The Hall–Kier alpha value is -1.18. The van der Waals surface area contributed by atoms with E-state index in [0.29, 0.717) is 13.1 Å². The Balaban J connectivity index is 2.26. The molecule has 0 aliphatic carbocycles. The van der Waals surface area contributed by atoms with E-state index in [0.717, 1.165) is 45.8 Å². The van der Waals surface area contributed by atoms with E-state index in [9.17, 15) is 9.59 Å². The molecule has 23 heavy (non-hydrogen) atoms. The molecule has 1 aliphatic rings. The molecule has 2 N–H and O–H groups in total. The monoisotopic (exact) mass is 328 g/mol. The first kappa shape index (κ1) is 19.9. The molecule has 134 valence electrons. The molecule has 0 aromatic heterocycles. The lowest BCUT2D eigenvalue weighted by Crippen LogP contribution is -2.50. The average molecular weight is 328 g/mol. The van der Waals surface area contributed by atoms with E-state index in [-0.39, 0.29) is 11.8 Å². The minimum atomic E-state index is -1.05. The highest BCUT2D eigenvalue weighted by Crippen LogP contribution is 2.15. The summed E-state index contributed by atoms with van der Waals surface area (Å²) in [4.78, 5) is 28.8. The third-order valence-electron chi connectivity index (χ3n) is 4.02. The van der Waals surface area contributed by atoms with Gasteiger partial charge in [0.1, 0.15) is 5.41 Å². The highest BCUT2D eigenvalue weighted by Gasteiger charge is 2.35. The number of nitrogens with one attached hydrogen (secondary N) is 2. The van der Waals surface area contributed by atoms with Crippen LogP contribution >= 0.6 is 0 Å². The Bertz CT molecular complexity index is 380.